The lowest BCUT2D eigenvalue weighted by Crippen LogP contribution is -2.29. The predicted octanol–water partition coefficient (Wildman–Crippen LogP) is 3.13. The molecule has 9 heteroatoms. The third-order valence-corrected chi connectivity index (χ3v) is 5.00. The van der Waals surface area contributed by atoms with Crippen LogP contribution in [0.1, 0.15) is 26.5 Å². The molecule has 2 heterocycles. The summed E-state index contributed by atoms with van der Waals surface area (Å²) in [5.41, 5.74) is 1.09. The number of nitro benzene ring substituents is 1. The Labute approximate surface area is 158 Å². The van der Waals surface area contributed by atoms with Crippen molar-refractivity contribution in [2.24, 2.45) is 0 Å². The van der Waals surface area contributed by atoms with Gasteiger partial charge in [-0.1, -0.05) is 12.1 Å². The van der Waals surface area contributed by atoms with Crippen LogP contribution in [0, 0.1) is 24.0 Å². The third kappa shape index (κ3) is 4.09. The van der Waals surface area contributed by atoms with E-state index in [4.69, 9.17) is 0 Å². The Balaban J connectivity index is 1.81. The second kappa shape index (κ2) is 7.50. The first-order chi connectivity index (χ1) is 12.8. The number of aryl methyl sites for hydroxylation is 2. The van der Waals surface area contributed by atoms with Crippen LogP contribution in [0.3, 0.4) is 0 Å². The predicted molar refractivity (Wildman–Crippen MR) is 102 cm³/mol. The number of nitrogens with one attached hydrogen (secondary N) is 1. The van der Waals surface area contributed by atoms with E-state index in [0.29, 0.717) is 10.7 Å². The van der Waals surface area contributed by atoms with Gasteiger partial charge >= 0.3 is 0 Å². The maximum atomic E-state index is 12.6. The molecule has 0 spiro atoms. The van der Waals surface area contributed by atoms with Crippen molar-refractivity contribution in [2.45, 2.75) is 20.4 Å². The van der Waals surface area contributed by atoms with Crippen LogP contribution in [0.25, 0.3) is 0 Å². The first-order valence-corrected chi connectivity index (χ1v) is 8.85. The second-order valence-electron chi connectivity index (χ2n) is 5.89. The average molecular weight is 384 g/mol. The minimum atomic E-state index is -0.521. The van der Waals surface area contributed by atoms with Crippen LogP contribution in [0.4, 0.5) is 10.8 Å². The quantitative estimate of drug-likeness (QED) is 0.537. The molecule has 3 aromatic rings. The summed E-state index contributed by atoms with van der Waals surface area (Å²) in [5.74, 6) is -0.521. The summed E-state index contributed by atoms with van der Waals surface area (Å²) in [6.07, 6.45) is 1.57. The minimum absolute atomic E-state index is 0.00455. The van der Waals surface area contributed by atoms with E-state index in [1.54, 1.807) is 24.4 Å². The van der Waals surface area contributed by atoms with Crippen LogP contribution in [-0.4, -0.2) is 20.4 Å². The molecule has 1 amide bonds. The Hall–Kier alpha value is -3.33. The fourth-order valence-electron chi connectivity index (χ4n) is 2.44. The number of hydrogen-bond acceptors (Lipinski definition) is 6. The van der Waals surface area contributed by atoms with Gasteiger partial charge in [0.1, 0.15) is 5.56 Å². The van der Waals surface area contributed by atoms with E-state index < -0.39 is 16.4 Å². The van der Waals surface area contributed by atoms with Crippen molar-refractivity contribution in [3.05, 3.63) is 84.8 Å². The summed E-state index contributed by atoms with van der Waals surface area (Å²) >= 11 is 1.35. The highest BCUT2D eigenvalue weighted by molar-refractivity contribution is 7.15. The number of pyridine rings is 1. The minimum Gasteiger partial charge on any atom is -0.310 e. The number of aromatic nitrogens is 2. The number of benzene rings is 1. The first kappa shape index (κ1) is 18.5. The lowest BCUT2D eigenvalue weighted by molar-refractivity contribution is -0.384. The largest absolute Gasteiger partial charge is 0.310 e. The molecule has 0 unspecified atom stereocenters. The maximum absolute atomic E-state index is 12.6. The number of anilines is 1. The van der Waals surface area contributed by atoms with Crippen LogP contribution in [-0.2, 0) is 6.54 Å². The van der Waals surface area contributed by atoms with Crippen LogP contribution in [0.15, 0.2) is 47.4 Å². The average Bonchev–Trinajstić information content (AvgIpc) is 2.94. The Bertz CT molecular complexity index is 1050. The van der Waals surface area contributed by atoms with Crippen LogP contribution in [0.2, 0.25) is 0 Å². The van der Waals surface area contributed by atoms with E-state index >= 15 is 0 Å². The topological polar surface area (TPSA) is 107 Å². The van der Waals surface area contributed by atoms with Gasteiger partial charge in [-0.3, -0.25) is 25.0 Å². The van der Waals surface area contributed by atoms with Crippen molar-refractivity contribution in [3.8, 4) is 0 Å². The van der Waals surface area contributed by atoms with Gasteiger partial charge in [0.2, 0.25) is 0 Å². The molecule has 1 N–H and O–H groups in total. The number of nitrogens with zero attached hydrogens (tertiary/aromatic N) is 3. The molecule has 0 saturated heterocycles. The molecule has 138 valence electrons. The monoisotopic (exact) mass is 384 g/mol. The van der Waals surface area contributed by atoms with Gasteiger partial charge in [-0.15, -0.1) is 11.3 Å². The number of amides is 1. The highest BCUT2D eigenvalue weighted by Gasteiger charge is 2.15. The molecule has 0 radical (unpaired) electrons. The fraction of sp³-hybridized carbons (Fsp3) is 0.167. The van der Waals surface area contributed by atoms with Crippen LogP contribution < -0.4 is 10.9 Å². The number of nitro groups is 1. The Morgan fingerprint density at radius 3 is 2.56 bits per heavy atom. The molecule has 2 aromatic heterocycles. The second-order valence-corrected chi connectivity index (χ2v) is 7.10. The molecular formula is C18H16N4O4S. The van der Waals surface area contributed by atoms with Gasteiger partial charge in [-0.2, -0.15) is 0 Å². The van der Waals surface area contributed by atoms with Crippen LogP contribution in [0.5, 0.6) is 0 Å². The summed E-state index contributed by atoms with van der Waals surface area (Å²) < 4.78 is 1.38. The van der Waals surface area contributed by atoms with E-state index in [1.807, 2.05) is 13.8 Å². The van der Waals surface area contributed by atoms with Crippen molar-refractivity contribution < 1.29 is 9.72 Å². The third-order valence-electron chi connectivity index (χ3n) is 4.01. The van der Waals surface area contributed by atoms with Gasteiger partial charge in [0.05, 0.1) is 17.2 Å². The van der Waals surface area contributed by atoms with E-state index in [9.17, 15) is 19.7 Å². The van der Waals surface area contributed by atoms with Gasteiger partial charge < -0.3 is 4.57 Å². The molecule has 0 aliphatic rings. The zero-order chi connectivity index (χ0) is 19.6. The van der Waals surface area contributed by atoms with Crippen molar-refractivity contribution in [1.29, 1.82) is 0 Å². The summed E-state index contributed by atoms with van der Waals surface area (Å²) in [7, 11) is 0. The summed E-state index contributed by atoms with van der Waals surface area (Å²) in [5, 5.41) is 13.8. The lowest BCUT2D eigenvalue weighted by Gasteiger charge is -2.08. The fourth-order valence-corrected chi connectivity index (χ4v) is 3.25. The molecule has 0 aliphatic carbocycles. The van der Waals surface area contributed by atoms with Crippen molar-refractivity contribution in [3.63, 3.8) is 0 Å². The Morgan fingerprint density at radius 2 is 1.96 bits per heavy atom. The Kier molecular flexibility index (Phi) is 5.13. The number of carbonyl (C=O) groups is 1. The summed E-state index contributed by atoms with van der Waals surface area (Å²) in [4.78, 5) is 40.5. The molecular weight excluding hydrogens is 368 g/mol. The highest BCUT2D eigenvalue weighted by atomic mass is 32.1. The van der Waals surface area contributed by atoms with Gasteiger partial charge in [0.15, 0.2) is 5.13 Å². The molecule has 1 aromatic carbocycles. The maximum Gasteiger partial charge on any atom is 0.269 e. The molecule has 8 nitrogen and oxygen atoms in total. The number of hydrogen-bond donors (Lipinski definition) is 1. The van der Waals surface area contributed by atoms with E-state index in [-0.39, 0.29) is 17.8 Å². The zero-order valence-electron chi connectivity index (χ0n) is 14.6. The molecule has 27 heavy (non-hydrogen) atoms. The standard InChI is InChI=1S/C18H16N4O4S/c1-11-12(2)27-18(19-11)20-16(23)15-4-3-9-21(17(15)24)10-13-5-7-14(8-6-13)22(25)26/h3-9H,10H2,1-2H3,(H,19,20,23). The lowest BCUT2D eigenvalue weighted by atomic mass is 10.2. The SMILES string of the molecule is Cc1nc(NC(=O)c2cccn(Cc3ccc([N+](=O)[O-])cc3)c2=O)sc1C. The molecule has 0 aliphatic heterocycles. The van der Waals surface area contributed by atoms with Gasteiger partial charge in [0, 0.05) is 23.2 Å². The van der Waals surface area contributed by atoms with E-state index in [0.717, 1.165) is 10.6 Å². The molecule has 3 rings (SSSR count). The van der Waals surface area contributed by atoms with E-state index in [1.165, 1.54) is 34.1 Å². The highest BCUT2D eigenvalue weighted by Crippen LogP contribution is 2.21. The van der Waals surface area contributed by atoms with Crippen molar-refractivity contribution >= 4 is 28.1 Å². The van der Waals surface area contributed by atoms with Gasteiger partial charge in [-0.25, -0.2) is 4.98 Å². The first-order valence-electron chi connectivity index (χ1n) is 8.03. The van der Waals surface area contributed by atoms with Crippen molar-refractivity contribution in [2.75, 3.05) is 5.32 Å². The molecule has 0 bridgehead atoms. The van der Waals surface area contributed by atoms with Crippen molar-refractivity contribution in [1.82, 2.24) is 9.55 Å². The van der Waals surface area contributed by atoms with Gasteiger partial charge in [0.25, 0.3) is 17.2 Å². The zero-order valence-corrected chi connectivity index (χ0v) is 15.4. The number of thiazole rings is 1. The van der Waals surface area contributed by atoms with Gasteiger partial charge in [-0.05, 0) is 31.5 Å². The normalized spacial score (nSPS) is 10.6. The smallest absolute Gasteiger partial charge is 0.269 e. The number of non-ortho nitro benzene ring substituents is 1. The number of carbonyl (C=O) groups excluding carboxylic acids is 1. The Morgan fingerprint density at radius 1 is 1.26 bits per heavy atom. The molecule has 0 saturated carbocycles. The molecule has 0 fully saturated rings. The van der Waals surface area contributed by atoms with Crippen LogP contribution >= 0.6 is 11.3 Å². The van der Waals surface area contributed by atoms with E-state index in [2.05, 4.69) is 10.3 Å². The summed E-state index contributed by atoms with van der Waals surface area (Å²) in [6.45, 7) is 3.96. The number of rotatable bonds is 5. The summed E-state index contributed by atoms with van der Waals surface area (Å²) in [6, 6.07) is 8.99. The molecule has 0 atom stereocenters.